The maximum Gasteiger partial charge on any atom is 0.101 e. The standard InChI is InChI=1S/C10H17N3/c1-6-10(8(2)7-11)12-9(3)13(4)5/h6H2,1-5H3/b10-8-,12-9?. The highest BCUT2D eigenvalue weighted by Gasteiger charge is 1.99. The summed E-state index contributed by atoms with van der Waals surface area (Å²) in [5, 5.41) is 8.70. The number of rotatable bonds is 2. The van der Waals surface area contributed by atoms with Gasteiger partial charge < -0.3 is 4.90 Å². The van der Waals surface area contributed by atoms with E-state index < -0.39 is 0 Å². The van der Waals surface area contributed by atoms with Crippen LogP contribution in [-0.2, 0) is 0 Å². The van der Waals surface area contributed by atoms with Crippen molar-refractivity contribution in [3.8, 4) is 6.07 Å². The van der Waals surface area contributed by atoms with Gasteiger partial charge in [-0.1, -0.05) is 6.92 Å². The van der Waals surface area contributed by atoms with Gasteiger partial charge >= 0.3 is 0 Å². The molecular weight excluding hydrogens is 162 g/mol. The van der Waals surface area contributed by atoms with Crippen LogP contribution in [0.5, 0.6) is 0 Å². The zero-order chi connectivity index (χ0) is 10.4. The molecule has 0 aliphatic heterocycles. The summed E-state index contributed by atoms with van der Waals surface area (Å²) in [6.07, 6.45) is 0.796. The molecule has 0 aliphatic rings. The van der Waals surface area contributed by atoms with Gasteiger partial charge in [-0.2, -0.15) is 5.26 Å². The van der Waals surface area contributed by atoms with Crippen LogP contribution in [-0.4, -0.2) is 24.8 Å². The third-order valence-electron chi connectivity index (χ3n) is 1.88. The van der Waals surface area contributed by atoms with Gasteiger partial charge in [-0.15, -0.1) is 0 Å². The molecule has 0 saturated carbocycles. The molecule has 3 heteroatoms. The third-order valence-corrected chi connectivity index (χ3v) is 1.88. The van der Waals surface area contributed by atoms with E-state index in [4.69, 9.17) is 5.26 Å². The summed E-state index contributed by atoms with van der Waals surface area (Å²) in [5.41, 5.74) is 1.57. The Bertz CT molecular complexity index is 266. The Morgan fingerprint density at radius 3 is 2.23 bits per heavy atom. The Morgan fingerprint density at radius 2 is 1.92 bits per heavy atom. The molecule has 0 rings (SSSR count). The fourth-order valence-electron chi connectivity index (χ4n) is 0.788. The lowest BCUT2D eigenvalue weighted by molar-refractivity contribution is 0.616. The van der Waals surface area contributed by atoms with Gasteiger partial charge in [0.2, 0.25) is 0 Å². The molecule has 0 bridgehead atoms. The van der Waals surface area contributed by atoms with Crippen molar-refractivity contribution in [2.75, 3.05) is 14.1 Å². The first-order valence-corrected chi connectivity index (χ1v) is 4.35. The first-order valence-electron chi connectivity index (χ1n) is 4.35. The van der Waals surface area contributed by atoms with E-state index >= 15 is 0 Å². The molecule has 0 amide bonds. The van der Waals surface area contributed by atoms with Crippen LogP contribution in [0.4, 0.5) is 0 Å². The van der Waals surface area contributed by atoms with Gasteiger partial charge in [0.25, 0.3) is 0 Å². The van der Waals surface area contributed by atoms with Crippen molar-refractivity contribution in [1.82, 2.24) is 4.90 Å². The Balaban J connectivity index is 4.86. The van der Waals surface area contributed by atoms with Gasteiger partial charge in [0.15, 0.2) is 0 Å². The molecule has 0 radical (unpaired) electrons. The average molecular weight is 179 g/mol. The molecule has 13 heavy (non-hydrogen) atoms. The van der Waals surface area contributed by atoms with Crippen LogP contribution >= 0.6 is 0 Å². The van der Waals surface area contributed by atoms with Gasteiger partial charge in [0.1, 0.15) is 5.84 Å². The molecule has 0 heterocycles. The topological polar surface area (TPSA) is 39.4 Å². The number of hydrogen-bond donors (Lipinski definition) is 0. The van der Waals surface area contributed by atoms with E-state index in [1.165, 1.54) is 0 Å². The summed E-state index contributed by atoms with van der Waals surface area (Å²) in [7, 11) is 3.88. The summed E-state index contributed by atoms with van der Waals surface area (Å²) in [4.78, 5) is 6.30. The number of aliphatic imine (C=N–C) groups is 1. The molecule has 0 N–H and O–H groups in total. The van der Waals surface area contributed by atoms with E-state index in [0.717, 1.165) is 18.0 Å². The Morgan fingerprint density at radius 1 is 1.38 bits per heavy atom. The highest BCUT2D eigenvalue weighted by atomic mass is 15.1. The molecule has 0 atom stereocenters. The lowest BCUT2D eigenvalue weighted by Gasteiger charge is -2.11. The maximum atomic E-state index is 8.70. The van der Waals surface area contributed by atoms with Crippen LogP contribution in [0.3, 0.4) is 0 Å². The predicted molar refractivity (Wildman–Crippen MR) is 55.4 cm³/mol. The van der Waals surface area contributed by atoms with Crippen molar-refractivity contribution < 1.29 is 0 Å². The Labute approximate surface area is 80.4 Å². The van der Waals surface area contributed by atoms with Crippen LogP contribution in [0, 0.1) is 11.3 Å². The average Bonchev–Trinajstić information content (AvgIpc) is 2.12. The van der Waals surface area contributed by atoms with Crippen LogP contribution < -0.4 is 0 Å². The smallest absolute Gasteiger partial charge is 0.101 e. The molecule has 0 aromatic rings. The second-order valence-corrected chi connectivity index (χ2v) is 3.09. The molecule has 3 nitrogen and oxygen atoms in total. The second-order valence-electron chi connectivity index (χ2n) is 3.09. The van der Waals surface area contributed by atoms with E-state index in [2.05, 4.69) is 11.1 Å². The largest absolute Gasteiger partial charge is 0.366 e. The highest BCUT2D eigenvalue weighted by molar-refractivity contribution is 5.80. The molecule has 72 valence electrons. The highest BCUT2D eigenvalue weighted by Crippen LogP contribution is 2.09. The number of allylic oxidation sites excluding steroid dienone is 2. The lowest BCUT2D eigenvalue weighted by Crippen LogP contribution is -2.18. The van der Waals surface area contributed by atoms with Crippen molar-refractivity contribution >= 4 is 5.84 Å². The quantitative estimate of drug-likeness (QED) is 0.370. The van der Waals surface area contributed by atoms with Crippen molar-refractivity contribution in [1.29, 1.82) is 5.26 Å². The number of nitriles is 1. The van der Waals surface area contributed by atoms with Gasteiger partial charge in [-0.25, -0.2) is 4.99 Å². The van der Waals surface area contributed by atoms with Crippen molar-refractivity contribution in [2.45, 2.75) is 27.2 Å². The van der Waals surface area contributed by atoms with Crippen LogP contribution in [0.15, 0.2) is 16.3 Å². The zero-order valence-electron chi connectivity index (χ0n) is 9.05. The predicted octanol–water partition coefficient (Wildman–Crippen LogP) is 2.17. The molecular formula is C10H17N3. The molecule has 0 aromatic carbocycles. The normalized spacial score (nSPS) is 13.4. The molecule has 0 aromatic heterocycles. The van der Waals surface area contributed by atoms with Gasteiger partial charge in [0, 0.05) is 19.7 Å². The fraction of sp³-hybridized carbons (Fsp3) is 0.600. The minimum absolute atomic E-state index is 0.698. The van der Waals surface area contributed by atoms with Gasteiger partial charge in [-0.05, 0) is 20.3 Å². The number of amidine groups is 1. The van der Waals surface area contributed by atoms with E-state index in [1.54, 1.807) is 6.92 Å². The van der Waals surface area contributed by atoms with Gasteiger partial charge in [0.05, 0.1) is 11.8 Å². The summed E-state index contributed by atoms with van der Waals surface area (Å²) in [6.45, 7) is 5.73. The Hall–Kier alpha value is -1.30. The molecule has 0 aliphatic carbocycles. The monoisotopic (exact) mass is 179 g/mol. The maximum absolute atomic E-state index is 8.70. The summed E-state index contributed by atoms with van der Waals surface area (Å²) < 4.78 is 0. The van der Waals surface area contributed by atoms with Crippen LogP contribution in [0.25, 0.3) is 0 Å². The van der Waals surface area contributed by atoms with Crippen LogP contribution in [0.1, 0.15) is 27.2 Å². The Kier molecular flexibility index (Phi) is 4.83. The molecule has 0 spiro atoms. The summed E-state index contributed by atoms with van der Waals surface area (Å²) in [5.74, 6) is 0.923. The van der Waals surface area contributed by atoms with Crippen molar-refractivity contribution in [2.24, 2.45) is 4.99 Å². The van der Waals surface area contributed by atoms with E-state index in [0.29, 0.717) is 5.57 Å². The number of hydrogen-bond acceptors (Lipinski definition) is 2. The number of nitrogens with zero attached hydrogens (tertiary/aromatic N) is 3. The first-order chi connectivity index (χ1) is 6.02. The minimum Gasteiger partial charge on any atom is -0.366 e. The SMILES string of the molecule is CC/C(N=C(C)N(C)C)=C(\C)C#N. The molecule has 0 saturated heterocycles. The van der Waals surface area contributed by atoms with Crippen LogP contribution in [0.2, 0.25) is 0 Å². The zero-order valence-corrected chi connectivity index (χ0v) is 9.05. The van der Waals surface area contributed by atoms with E-state index in [1.807, 2.05) is 32.8 Å². The fourth-order valence-corrected chi connectivity index (χ4v) is 0.788. The second kappa shape index (κ2) is 5.36. The van der Waals surface area contributed by atoms with E-state index in [9.17, 15) is 0 Å². The first kappa shape index (κ1) is 11.7. The molecule has 0 fully saturated rings. The lowest BCUT2D eigenvalue weighted by atomic mass is 10.2. The van der Waals surface area contributed by atoms with Crippen molar-refractivity contribution in [3.63, 3.8) is 0 Å². The van der Waals surface area contributed by atoms with Gasteiger partial charge in [-0.3, -0.25) is 0 Å². The molecule has 0 unspecified atom stereocenters. The third kappa shape index (κ3) is 3.75. The summed E-state index contributed by atoms with van der Waals surface area (Å²) in [6, 6.07) is 2.11. The minimum atomic E-state index is 0.698. The van der Waals surface area contributed by atoms with Crippen molar-refractivity contribution in [3.05, 3.63) is 11.3 Å². The summed E-state index contributed by atoms with van der Waals surface area (Å²) >= 11 is 0. The van der Waals surface area contributed by atoms with E-state index in [-0.39, 0.29) is 0 Å².